The van der Waals surface area contributed by atoms with Crippen molar-refractivity contribution in [3.8, 4) is 0 Å². The Hall–Kier alpha value is -1.77. The average molecular weight is 352 g/mol. The van der Waals surface area contributed by atoms with Gasteiger partial charge < -0.3 is 4.98 Å². The van der Waals surface area contributed by atoms with Crippen LogP contribution >= 0.6 is 0 Å². The second kappa shape index (κ2) is 7.00. The lowest BCUT2D eigenvalue weighted by molar-refractivity contribution is 0.119. The molecule has 0 spiro atoms. The van der Waals surface area contributed by atoms with Crippen LogP contribution in [-0.2, 0) is 15.8 Å². The molecule has 1 N–H and O–H groups in total. The van der Waals surface area contributed by atoms with E-state index in [1.165, 1.54) is 16.4 Å². The van der Waals surface area contributed by atoms with E-state index in [1.807, 2.05) is 6.92 Å². The molecule has 130 valence electrons. The molecule has 1 aromatic carbocycles. The Bertz CT molecular complexity index is 779. The van der Waals surface area contributed by atoms with E-state index in [0.29, 0.717) is 19.6 Å². The zero-order valence-electron chi connectivity index (χ0n) is 13.5. The van der Waals surface area contributed by atoms with Crippen LogP contribution in [0.1, 0.15) is 24.4 Å². The Labute approximate surface area is 141 Å². The van der Waals surface area contributed by atoms with Crippen molar-refractivity contribution in [1.82, 2.24) is 19.2 Å². The van der Waals surface area contributed by atoms with E-state index in [4.69, 9.17) is 0 Å². The van der Waals surface area contributed by atoms with Crippen LogP contribution in [0.4, 0.5) is 4.39 Å². The number of benzene rings is 1. The van der Waals surface area contributed by atoms with Gasteiger partial charge in [-0.2, -0.15) is 4.31 Å². The summed E-state index contributed by atoms with van der Waals surface area (Å²) >= 11 is 0. The van der Waals surface area contributed by atoms with Crippen molar-refractivity contribution in [2.24, 2.45) is 0 Å². The molecular formula is C16H21FN4O2S. The normalized spacial score (nSPS) is 20.3. The highest BCUT2D eigenvalue weighted by Gasteiger charge is 2.34. The van der Waals surface area contributed by atoms with Gasteiger partial charge in [-0.1, -0.05) is 25.1 Å². The maximum absolute atomic E-state index is 13.8. The van der Waals surface area contributed by atoms with E-state index in [0.717, 1.165) is 12.4 Å². The average Bonchev–Trinajstić information content (AvgIpc) is 3.10. The number of halogens is 1. The molecule has 1 unspecified atom stereocenters. The van der Waals surface area contributed by atoms with Crippen LogP contribution in [-0.4, -0.2) is 53.8 Å². The molecule has 6 nitrogen and oxygen atoms in total. The number of aromatic nitrogens is 2. The Morgan fingerprint density at radius 3 is 2.79 bits per heavy atom. The lowest BCUT2D eigenvalue weighted by atomic mass is 10.2. The van der Waals surface area contributed by atoms with E-state index in [9.17, 15) is 12.8 Å². The maximum Gasteiger partial charge on any atom is 0.218 e. The minimum Gasteiger partial charge on any atom is -0.347 e. The standard InChI is InChI=1S/C16H21FN4O2S/c1-2-20-9-10-21(11-15(20)16-18-7-8-19-16)24(22,23)12-13-5-3-4-6-14(13)17/h3-8,15H,2,9-12H2,1H3,(H,18,19). The van der Waals surface area contributed by atoms with E-state index in [1.54, 1.807) is 24.5 Å². The van der Waals surface area contributed by atoms with Crippen LogP contribution in [0, 0.1) is 5.82 Å². The molecule has 1 aliphatic heterocycles. The summed E-state index contributed by atoms with van der Waals surface area (Å²) in [5.74, 6) is -0.0602. The third-order valence-electron chi connectivity index (χ3n) is 4.38. The van der Waals surface area contributed by atoms with Crippen LogP contribution in [0.2, 0.25) is 0 Å². The summed E-state index contributed by atoms with van der Waals surface area (Å²) in [4.78, 5) is 9.53. The van der Waals surface area contributed by atoms with Crippen molar-refractivity contribution in [2.45, 2.75) is 18.7 Å². The van der Waals surface area contributed by atoms with Crippen molar-refractivity contribution in [3.05, 3.63) is 53.9 Å². The fourth-order valence-electron chi connectivity index (χ4n) is 3.05. The second-order valence-electron chi connectivity index (χ2n) is 5.82. The molecule has 1 saturated heterocycles. The number of hydrogen-bond acceptors (Lipinski definition) is 4. The minimum absolute atomic E-state index is 0.117. The van der Waals surface area contributed by atoms with E-state index in [-0.39, 0.29) is 17.4 Å². The first-order valence-electron chi connectivity index (χ1n) is 7.96. The van der Waals surface area contributed by atoms with E-state index in [2.05, 4.69) is 14.9 Å². The van der Waals surface area contributed by atoms with Gasteiger partial charge in [0.1, 0.15) is 11.6 Å². The Morgan fingerprint density at radius 2 is 2.12 bits per heavy atom. The Kier molecular flexibility index (Phi) is 4.98. The van der Waals surface area contributed by atoms with Gasteiger partial charge in [0.05, 0.1) is 11.8 Å². The molecule has 0 aliphatic carbocycles. The predicted octanol–water partition coefficient (Wildman–Crippen LogP) is 1.76. The molecule has 1 aliphatic rings. The number of hydrogen-bond donors (Lipinski definition) is 1. The lowest BCUT2D eigenvalue weighted by Crippen LogP contribution is -2.50. The summed E-state index contributed by atoms with van der Waals surface area (Å²) < 4.78 is 40.7. The van der Waals surface area contributed by atoms with E-state index >= 15 is 0 Å². The monoisotopic (exact) mass is 352 g/mol. The molecule has 0 radical (unpaired) electrons. The van der Waals surface area contributed by atoms with Crippen LogP contribution in [0.15, 0.2) is 36.7 Å². The zero-order chi connectivity index (χ0) is 17.2. The highest BCUT2D eigenvalue weighted by Crippen LogP contribution is 2.25. The molecule has 0 amide bonds. The number of rotatable bonds is 5. The van der Waals surface area contributed by atoms with Gasteiger partial charge in [0.2, 0.25) is 10.0 Å². The van der Waals surface area contributed by atoms with Gasteiger partial charge in [-0.05, 0) is 12.6 Å². The number of likely N-dealkylation sites (N-methyl/N-ethyl adjacent to an activating group) is 1. The lowest BCUT2D eigenvalue weighted by Gasteiger charge is -2.39. The number of imidazole rings is 1. The summed E-state index contributed by atoms with van der Waals surface area (Å²) in [6, 6.07) is 5.88. The van der Waals surface area contributed by atoms with Crippen LogP contribution < -0.4 is 0 Å². The highest BCUT2D eigenvalue weighted by atomic mass is 32.2. The molecule has 2 aromatic rings. The molecule has 2 heterocycles. The fourth-order valence-corrected chi connectivity index (χ4v) is 4.59. The Morgan fingerprint density at radius 1 is 1.33 bits per heavy atom. The van der Waals surface area contributed by atoms with Crippen molar-refractivity contribution in [3.63, 3.8) is 0 Å². The van der Waals surface area contributed by atoms with Crippen LogP contribution in [0.25, 0.3) is 0 Å². The first-order chi connectivity index (χ1) is 11.5. The van der Waals surface area contributed by atoms with Gasteiger partial charge in [-0.15, -0.1) is 0 Å². The van der Waals surface area contributed by atoms with Crippen molar-refractivity contribution in [2.75, 3.05) is 26.2 Å². The summed E-state index contributed by atoms with van der Waals surface area (Å²) in [6.45, 7) is 4.20. The molecular weight excluding hydrogens is 331 g/mol. The molecule has 1 atom stereocenters. The van der Waals surface area contributed by atoms with Crippen molar-refractivity contribution < 1.29 is 12.8 Å². The van der Waals surface area contributed by atoms with Crippen molar-refractivity contribution in [1.29, 1.82) is 0 Å². The number of nitrogens with one attached hydrogen (secondary N) is 1. The van der Waals surface area contributed by atoms with Crippen LogP contribution in [0.3, 0.4) is 0 Å². The molecule has 24 heavy (non-hydrogen) atoms. The fraction of sp³-hybridized carbons (Fsp3) is 0.438. The molecule has 1 fully saturated rings. The number of H-pyrrole nitrogens is 1. The number of piperazine rings is 1. The summed E-state index contributed by atoms with van der Waals surface area (Å²) in [6.07, 6.45) is 3.39. The predicted molar refractivity (Wildman–Crippen MR) is 89.2 cm³/mol. The minimum atomic E-state index is -3.59. The second-order valence-corrected chi connectivity index (χ2v) is 7.79. The third-order valence-corrected chi connectivity index (χ3v) is 6.18. The quantitative estimate of drug-likeness (QED) is 0.890. The SMILES string of the molecule is CCN1CCN(S(=O)(=O)Cc2ccccc2F)CC1c1ncc[nH]1. The maximum atomic E-state index is 13.8. The van der Waals surface area contributed by atoms with Gasteiger partial charge in [-0.25, -0.2) is 17.8 Å². The summed E-state index contributed by atoms with van der Waals surface area (Å²) in [5.41, 5.74) is 0.199. The number of sulfonamides is 1. The molecule has 0 saturated carbocycles. The first kappa shape index (κ1) is 17.1. The Balaban J connectivity index is 1.80. The highest BCUT2D eigenvalue weighted by molar-refractivity contribution is 7.88. The van der Waals surface area contributed by atoms with Gasteiger partial charge in [0.25, 0.3) is 0 Å². The summed E-state index contributed by atoms with van der Waals surface area (Å²) in [5, 5.41) is 0. The third kappa shape index (κ3) is 3.50. The van der Waals surface area contributed by atoms with Gasteiger partial charge in [-0.3, -0.25) is 4.90 Å². The zero-order valence-corrected chi connectivity index (χ0v) is 14.3. The first-order valence-corrected chi connectivity index (χ1v) is 9.56. The van der Waals surface area contributed by atoms with Crippen LogP contribution in [0.5, 0.6) is 0 Å². The molecule has 8 heteroatoms. The molecule has 3 rings (SSSR count). The van der Waals surface area contributed by atoms with E-state index < -0.39 is 15.8 Å². The summed E-state index contributed by atoms with van der Waals surface area (Å²) in [7, 11) is -3.59. The topological polar surface area (TPSA) is 69.3 Å². The van der Waals surface area contributed by atoms with Crippen molar-refractivity contribution >= 4 is 10.0 Å². The van der Waals surface area contributed by atoms with Gasteiger partial charge in [0, 0.05) is 37.6 Å². The van der Waals surface area contributed by atoms with Gasteiger partial charge >= 0.3 is 0 Å². The largest absolute Gasteiger partial charge is 0.347 e. The van der Waals surface area contributed by atoms with Gasteiger partial charge in [0.15, 0.2) is 0 Å². The molecule has 1 aromatic heterocycles. The number of nitrogens with zero attached hydrogens (tertiary/aromatic N) is 3. The number of aromatic amines is 1. The molecule has 0 bridgehead atoms. The smallest absolute Gasteiger partial charge is 0.218 e.